The number of ether oxygens (including phenoxy) is 1. The fourth-order valence-corrected chi connectivity index (χ4v) is 11.6. The van der Waals surface area contributed by atoms with Crippen molar-refractivity contribution >= 4 is 34.0 Å². The minimum atomic E-state index is -2.80. The first kappa shape index (κ1) is 28.2. The number of anilines is 1. The number of nitrogens with two attached hydrogens (primary N) is 2. The molecule has 4 heterocycles. The quantitative estimate of drug-likeness (QED) is 0.431. The van der Waals surface area contributed by atoms with E-state index in [0.717, 1.165) is 4.68 Å². The van der Waals surface area contributed by atoms with Crippen molar-refractivity contribution in [1.82, 2.24) is 19.2 Å². The smallest absolute Gasteiger partial charge is 0.349 e. The summed E-state index contributed by atoms with van der Waals surface area (Å²) >= 11 is 0. The Kier molecular flexibility index (Phi) is 6.57. The first-order valence-corrected chi connectivity index (χ1v) is 17.6. The van der Waals surface area contributed by atoms with Crippen molar-refractivity contribution in [3.05, 3.63) is 16.7 Å². The van der Waals surface area contributed by atoms with Gasteiger partial charge in [0.1, 0.15) is 18.3 Å². The van der Waals surface area contributed by atoms with Crippen molar-refractivity contribution < 1.29 is 18.0 Å². The third kappa shape index (κ3) is 4.37. The summed E-state index contributed by atoms with van der Waals surface area (Å²) < 4.78 is 30.0. The van der Waals surface area contributed by atoms with Crippen molar-refractivity contribution in [1.29, 1.82) is 0 Å². The van der Waals surface area contributed by atoms with E-state index >= 15 is 0 Å². The van der Waals surface area contributed by atoms with Gasteiger partial charge in [-0.1, -0.05) is 62.3 Å². The van der Waals surface area contributed by atoms with Crippen LogP contribution in [0.3, 0.4) is 0 Å². The van der Waals surface area contributed by atoms with Crippen LogP contribution in [0, 0.1) is 0 Å². The van der Waals surface area contributed by atoms with Gasteiger partial charge in [0.2, 0.25) is 5.95 Å². The van der Waals surface area contributed by atoms with Gasteiger partial charge in [-0.25, -0.2) is 4.98 Å². The molecule has 2 saturated heterocycles. The number of nitrogens with zero attached hydrogens (tertiary/aromatic N) is 4. The molecule has 2 aliphatic rings. The predicted octanol–water partition coefficient (Wildman–Crippen LogP) is 3.63. The van der Waals surface area contributed by atoms with E-state index in [1.807, 2.05) is 0 Å². The summed E-state index contributed by atoms with van der Waals surface area (Å²) in [6.07, 6.45) is -0.270. The Bertz CT molecular complexity index is 1230. The van der Waals surface area contributed by atoms with Crippen LogP contribution in [0.2, 0.25) is 28.2 Å². The molecule has 4 N–H and O–H groups in total. The molecule has 2 aromatic rings. The molecule has 4 atom stereocenters. The average molecular weight is 553 g/mol. The highest BCUT2D eigenvalue weighted by Gasteiger charge is 2.66. The van der Waals surface area contributed by atoms with E-state index in [1.165, 1.54) is 0 Å². The van der Waals surface area contributed by atoms with E-state index in [-0.39, 0.29) is 38.8 Å². The van der Waals surface area contributed by atoms with Gasteiger partial charge in [-0.05, 0) is 18.1 Å². The molecule has 0 unspecified atom stereocenters. The minimum absolute atomic E-state index is 0.0453. The zero-order chi connectivity index (χ0) is 27.9. The van der Waals surface area contributed by atoms with Crippen LogP contribution in [0.15, 0.2) is 11.1 Å². The van der Waals surface area contributed by atoms with Gasteiger partial charge in [-0.3, -0.25) is 9.36 Å². The Labute approximate surface area is 221 Å². The molecule has 0 amide bonds. The number of fused-ring (bicyclic) bond motifs is 2. The SMILES string of the molecule is CC(C)(C)[Si](C)(C)O[C@@H]1[C@@H]2O[Si](C(C)(C)C)(C(C)(C)C)OC[C@H]2O[C@H]1n1cnc2c(=O)n(N)c(N)nc21. The Morgan fingerprint density at radius 1 is 1.11 bits per heavy atom. The highest BCUT2D eigenvalue weighted by atomic mass is 28.4. The van der Waals surface area contributed by atoms with Crippen molar-refractivity contribution in [3.8, 4) is 0 Å². The number of aromatic nitrogens is 4. The molecule has 0 radical (unpaired) electrons. The second kappa shape index (κ2) is 8.61. The van der Waals surface area contributed by atoms with E-state index < -0.39 is 34.8 Å². The lowest BCUT2D eigenvalue weighted by molar-refractivity contribution is -0.0795. The van der Waals surface area contributed by atoms with E-state index in [1.54, 1.807) is 10.9 Å². The summed E-state index contributed by atoms with van der Waals surface area (Å²) in [4.78, 5) is 21.4. The van der Waals surface area contributed by atoms with E-state index in [9.17, 15) is 4.79 Å². The maximum Gasteiger partial charge on any atom is 0.349 e. The first-order chi connectivity index (χ1) is 16.7. The molecule has 4 rings (SSSR count). The summed E-state index contributed by atoms with van der Waals surface area (Å²) in [5.41, 5.74) is 5.83. The van der Waals surface area contributed by atoms with Crippen molar-refractivity contribution in [2.45, 2.75) is 115 Å². The van der Waals surface area contributed by atoms with Gasteiger partial charge in [0, 0.05) is 10.1 Å². The Morgan fingerprint density at radius 3 is 2.24 bits per heavy atom. The number of hydrogen-bond donors (Lipinski definition) is 2. The lowest BCUT2D eigenvalue weighted by Gasteiger charge is -2.54. The molecule has 2 aliphatic heterocycles. The fourth-order valence-electron chi connectivity index (χ4n) is 5.37. The van der Waals surface area contributed by atoms with Crippen LogP contribution < -0.4 is 17.1 Å². The molecular weight excluding hydrogens is 508 g/mol. The second-order valence-corrected chi connectivity index (χ2v) is 23.4. The summed E-state index contributed by atoms with van der Waals surface area (Å²) in [6.45, 7) is 24.6. The first-order valence-electron chi connectivity index (χ1n) is 12.9. The molecule has 208 valence electrons. The van der Waals surface area contributed by atoms with Crippen molar-refractivity contribution in [3.63, 3.8) is 0 Å². The van der Waals surface area contributed by atoms with Crippen LogP contribution in [0.4, 0.5) is 5.95 Å². The highest BCUT2D eigenvalue weighted by Crippen LogP contribution is 2.56. The Morgan fingerprint density at radius 2 is 1.70 bits per heavy atom. The molecular formula is C24H44N6O5Si2. The highest BCUT2D eigenvalue weighted by molar-refractivity contribution is 6.74. The molecule has 37 heavy (non-hydrogen) atoms. The summed E-state index contributed by atoms with van der Waals surface area (Å²) in [7, 11) is -5.09. The lowest BCUT2D eigenvalue weighted by atomic mass is 10.1. The predicted molar refractivity (Wildman–Crippen MR) is 148 cm³/mol. The molecule has 0 aliphatic carbocycles. The summed E-state index contributed by atoms with van der Waals surface area (Å²) in [5.74, 6) is 5.65. The van der Waals surface area contributed by atoms with Crippen LogP contribution in [-0.2, 0) is 18.0 Å². The molecule has 0 aromatic carbocycles. The van der Waals surface area contributed by atoms with Crippen LogP contribution >= 0.6 is 0 Å². The maximum atomic E-state index is 12.7. The Hall–Kier alpha value is -1.78. The Balaban J connectivity index is 1.85. The third-order valence-corrected chi connectivity index (χ3v) is 17.8. The molecule has 13 heteroatoms. The molecule has 0 saturated carbocycles. The van der Waals surface area contributed by atoms with Crippen molar-refractivity contribution in [2.75, 3.05) is 18.2 Å². The van der Waals surface area contributed by atoms with Gasteiger partial charge in [0.05, 0.1) is 12.9 Å². The molecule has 2 fully saturated rings. The number of nitrogen functional groups attached to an aromatic ring is 2. The molecule has 0 spiro atoms. The lowest BCUT2D eigenvalue weighted by Crippen LogP contribution is -2.66. The largest absolute Gasteiger partial charge is 0.407 e. The van der Waals surface area contributed by atoms with Crippen LogP contribution in [0.25, 0.3) is 11.2 Å². The van der Waals surface area contributed by atoms with E-state index in [4.69, 9.17) is 29.6 Å². The van der Waals surface area contributed by atoms with Gasteiger partial charge < -0.3 is 29.6 Å². The summed E-state index contributed by atoms with van der Waals surface area (Å²) in [5, 5.41) is -0.435. The van der Waals surface area contributed by atoms with Gasteiger partial charge in [0.15, 0.2) is 25.7 Å². The number of hydrogen-bond acceptors (Lipinski definition) is 9. The topological polar surface area (TPSA) is 142 Å². The average Bonchev–Trinajstić information content (AvgIpc) is 3.30. The molecule has 11 nitrogen and oxygen atoms in total. The number of rotatable bonds is 3. The minimum Gasteiger partial charge on any atom is -0.407 e. The summed E-state index contributed by atoms with van der Waals surface area (Å²) in [6, 6.07) is 0. The molecule has 0 bridgehead atoms. The number of imidazole rings is 1. The maximum absolute atomic E-state index is 12.7. The van der Waals surface area contributed by atoms with Gasteiger partial charge in [-0.15, -0.1) is 0 Å². The fraction of sp³-hybridized carbons (Fsp3) is 0.792. The van der Waals surface area contributed by atoms with Crippen molar-refractivity contribution in [2.24, 2.45) is 0 Å². The third-order valence-electron chi connectivity index (χ3n) is 8.18. The monoisotopic (exact) mass is 552 g/mol. The van der Waals surface area contributed by atoms with Crippen LogP contribution in [-0.4, -0.2) is 61.0 Å². The van der Waals surface area contributed by atoms with Crippen LogP contribution in [0.1, 0.15) is 68.5 Å². The van der Waals surface area contributed by atoms with E-state index in [2.05, 4.69) is 85.4 Å². The normalized spacial score (nSPS) is 27.0. The standard InChI is InChI=1S/C24H44N6O5Si2/c1-22(2,3)36(10,11)34-17-16-14(12-32-37(35-16,23(4,5)6)24(7,8)9)33-20(17)29-13-27-15-18(29)28-21(25)30(26)19(15)31/h13-14,16-17,20H,12,26H2,1-11H3,(H2,25,28)/t14-,16-,17-,20-/m1/s1. The second-order valence-electron chi connectivity index (χ2n) is 13.9. The van der Waals surface area contributed by atoms with Crippen LogP contribution in [0.5, 0.6) is 0 Å². The van der Waals surface area contributed by atoms with Gasteiger partial charge >= 0.3 is 14.1 Å². The zero-order valence-corrected chi connectivity index (χ0v) is 26.1. The van der Waals surface area contributed by atoms with Gasteiger partial charge in [-0.2, -0.15) is 9.66 Å². The van der Waals surface area contributed by atoms with Gasteiger partial charge in [0.25, 0.3) is 0 Å². The molecule has 2 aromatic heterocycles. The van der Waals surface area contributed by atoms with E-state index in [0.29, 0.717) is 12.3 Å². The zero-order valence-electron chi connectivity index (χ0n) is 24.1.